The fraction of sp³-hybridized carbons (Fsp3) is 0.615. The highest BCUT2D eigenvalue weighted by atomic mass is 35.5. The van der Waals surface area contributed by atoms with Crippen molar-refractivity contribution >= 4 is 24.3 Å². The van der Waals surface area contributed by atoms with E-state index in [1.54, 1.807) is 19.2 Å². The first-order valence-electron chi connectivity index (χ1n) is 6.90. The molecule has 1 aliphatic rings. The van der Waals surface area contributed by atoms with Crippen LogP contribution in [0.4, 0.5) is 0 Å². The Labute approximate surface area is 129 Å². The molecular formula is C13H21ClN4O3. The van der Waals surface area contributed by atoms with Crippen LogP contribution in [0.3, 0.4) is 0 Å². The molecule has 0 aromatic carbocycles. The van der Waals surface area contributed by atoms with E-state index >= 15 is 0 Å². The number of esters is 1. The van der Waals surface area contributed by atoms with E-state index in [1.165, 1.54) is 0 Å². The number of halogens is 1. The molecule has 0 saturated carbocycles. The molecule has 1 saturated heterocycles. The second-order valence-electron chi connectivity index (χ2n) is 4.67. The first kappa shape index (κ1) is 17.5. The third-order valence-electron chi connectivity index (χ3n) is 3.18. The Morgan fingerprint density at radius 3 is 3.05 bits per heavy atom. The molecule has 21 heavy (non-hydrogen) atoms. The Morgan fingerprint density at radius 1 is 1.57 bits per heavy atom. The zero-order valence-corrected chi connectivity index (χ0v) is 12.8. The van der Waals surface area contributed by atoms with Crippen molar-refractivity contribution in [3.8, 4) is 0 Å². The molecule has 2 rings (SSSR count). The van der Waals surface area contributed by atoms with Gasteiger partial charge in [-0.3, -0.25) is 14.3 Å². The van der Waals surface area contributed by atoms with E-state index in [1.807, 2.05) is 4.68 Å². The highest BCUT2D eigenvalue weighted by molar-refractivity contribution is 5.94. The van der Waals surface area contributed by atoms with Crippen molar-refractivity contribution in [3.63, 3.8) is 0 Å². The largest absolute Gasteiger partial charge is 0.465 e. The molecule has 0 radical (unpaired) electrons. The van der Waals surface area contributed by atoms with Crippen LogP contribution >= 0.6 is 12.4 Å². The molecule has 1 atom stereocenters. The van der Waals surface area contributed by atoms with Gasteiger partial charge in [-0.25, -0.2) is 0 Å². The Hall–Kier alpha value is -1.60. The highest BCUT2D eigenvalue weighted by Gasteiger charge is 2.18. The fourth-order valence-electron chi connectivity index (χ4n) is 2.18. The number of hydrogen-bond acceptors (Lipinski definition) is 5. The van der Waals surface area contributed by atoms with Gasteiger partial charge in [0, 0.05) is 12.7 Å². The summed E-state index contributed by atoms with van der Waals surface area (Å²) in [6.45, 7) is 3.79. The maximum Gasteiger partial charge on any atom is 0.325 e. The molecule has 2 heterocycles. The molecule has 1 amide bonds. The van der Waals surface area contributed by atoms with E-state index in [9.17, 15) is 9.59 Å². The third-order valence-corrected chi connectivity index (χ3v) is 3.18. The second-order valence-corrected chi connectivity index (χ2v) is 4.67. The van der Waals surface area contributed by atoms with E-state index < -0.39 is 5.97 Å². The second kappa shape index (κ2) is 8.63. The molecule has 0 bridgehead atoms. The number of hydrogen-bond donors (Lipinski definition) is 2. The van der Waals surface area contributed by atoms with Gasteiger partial charge in [-0.2, -0.15) is 5.10 Å². The van der Waals surface area contributed by atoms with E-state index in [0.717, 1.165) is 25.9 Å². The normalized spacial score (nSPS) is 17.7. The molecule has 0 spiro atoms. The lowest BCUT2D eigenvalue weighted by Gasteiger charge is -2.22. The number of nitrogens with zero attached hydrogens (tertiary/aromatic N) is 2. The minimum Gasteiger partial charge on any atom is -0.465 e. The molecule has 118 valence electrons. The van der Waals surface area contributed by atoms with Crippen LogP contribution in [-0.4, -0.2) is 47.9 Å². The van der Waals surface area contributed by atoms with Crippen LogP contribution in [0, 0.1) is 0 Å². The number of amides is 1. The zero-order chi connectivity index (χ0) is 14.4. The number of aromatic nitrogens is 2. The number of piperidine rings is 1. The van der Waals surface area contributed by atoms with E-state index in [-0.39, 0.29) is 30.9 Å². The highest BCUT2D eigenvalue weighted by Crippen LogP contribution is 2.15. The average molecular weight is 317 g/mol. The van der Waals surface area contributed by atoms with Gasteiger partial charge in [-0.05, 0) is 32.4 Å². The monoisotopic (exact) mass is 316 g/mol. The summed E-state index contributed by atoms with van der Waals surface area (Å²) in [5, 5.41) is 10.1. The first-order valence-corrected chi connectivity index (χ1v) is 6.90. The Balaban J connectivity index is 0.00000220. The minimum atomic E-state index is -0.447. The van der Waals surface area contributed by atoms with Gasteiger partial charge in [0.25, 0.3) is 5.91 Å². The van der Waals surface area contributed by atoms with Crippen molar-refractivity contribution in [3.05, 3.63) is 18.0 Å². The predicted octanol–water partition coefficient (Wildman–Crippen LogP) is 0.522. The molecule has 1 unspecified atom stereocenters. The summed E-state index contributed by atoms with van der Waals surface area (Å²) in [5.74, 6) is -0.808. The summed E-state index contributed by atoms with van der Waals surface area (Å²) < 4.78 is 6.55. The summed E-state index contributed by atoms with van der Waals surface area (Å²) in [4.78, 5) is 23.0. The van der Waals surface area contributed by atoms with Crippen LogP contribution in [0.15, 0.2) is 12.3 Å². The number of carbonyl (C=O) groups excluding carboxylic acids is 2. The van der Waals surface area contributed by atoms with Gasteiger partial charge in [0.2, 0.25) is 0 Å². The molecule has 7 nitrogen and oxygen atoms in total. The van der Waals surface area contributed by atoms with Gasteiger partial charge in [0.15, 0.2) is 0 Å². The summed E-state index contributed by atoms with van der Waals surface area (Å²) in [7, 11) is 0. The van der Waals surface area contributed by atoms with Crippen molar-refractivity contribution in [2.45, 2.75) is 25.8 Å². The maximum absolute atomic E-state index is 11.8. The molecule has 1 aromatic heterocycles. The lowest BCUT2D eigenvalue weighted by atomic mass is 10.1. The lowest BCUT2D eigenvalue weighted by molar-refractivity contribution is -0.141. The fourth-order valence-corrected chi connectivity index (χ4v) is 2.18. The summed E-state index contributed by atoms with van der Waals surface area (Å²) in [6, 6.07) is 1.95. The van der Waals surface area contributed by atoms with Gasteiger partial charge in [0.05, 0.1) is 12.6 Å². The number of carbonyl (C=O) groups is 2. The average Bonchev–Trinajstić information content (AvgIpc) is 2.96. The zero-order valence-electron chi connectivity index (χ0n) is 12.0. The smallest absolute Gasteiger partial charge is 0.325 e. The van der Waals surface area contributed by atoms with Crippen LogP contribution in [0.2, 0.25) is 0 Å². The van der Waals surface area contributed by atoms with Crippen LogP contribution in [0.25, 0.3) is 0 Å². The van der Waals surface area contributed by atoms with Gasteiger partial charge in [-0.1, -0.05) is 0 Å². The summed E-state index contributed by atoms with van der Waals surface area (Å²) >= 11 is 0. The lowest BCUT2D eigenvalue weighted by Crippen LogP contribution is -2.33. The van der Waals surface area contributed by atoms with Crippen LogP contribution in [-0.2, 0) is 9.53 Å². The van der Waals surface area contributed by atoms with Crippen LogP contribution in [0.1, 0.15) is 36.3 Å². The van der Waals surface area contributed by atoms with Crippen LogP contribution in [0.5, 0.6) is 0 Å². The maximum atomic E-state index is 11.8. The summed E-state index contributed by atoms with van der Waals surface area (Å²) in [5.41, 5.74) is 0.319. The van der Waals surface area contributed by atoms with E-state index in [2.05, 4.69) is 15.7 Å². The Bertz CT molecular complexity index is 472. The van der Waals surface area contributed by atoms with Gasteiger partial charge >= 0.3 is 5.97 Å². The third kappa shape index (κ3) is 5.02. The van der Waals surface area contributed by atoms with Gasteiger partial charge in [0.1, 0.15) is 12.2 Å². The topological polar surface area (TPSA) is 85.2 Å². The quantitative estimate of drug-likeness (QED) is 0.774. The minimum absolute atomic E-state index is 0. The van der Waals surface area contributed by atoms with Crippen molar-refractivity contribution in [2.75, 3.05) is 26.2 Å². The number of ether oxygens (including phenoxy) is 1. The molecule has 8 heteroatoms. The number of nitrogens with one attached hydrogen (secondary N) is 2. The predicted molar refractivity (Wildman–Crippen MR) is 79.6 cm³/mol. The SMILES string of the molecule is CCOC(=O)CNC(=O)c1ccn(C2CCCNC2)n1.Cl. The van der Waals surface area contributed by atoms with Gasteiger partial charge in [-0.15, -0.1) is 12.4 Å². The Kier molecular flexibility index (Phi) is 7.18. The van der Waals surface area contributed by atoms with E-state index in [4.69, 9.17) is 4.74 Å². The molecule has 2 N–H and O–H groups in total. The van der Waals surface area contributed by atoms with Crippen molar-refractivity contribution in [2.24, 2.45) is 0 Å². The van der Waals surface area contributed by atoms with Crippen molar-refractivity contribution in [1.29, 1.82) is 0 Å². The molecule has 1 fully saturated rings. The molecule has 0 aliphatic carbocycles. The standard InChI is InChI=1S/C13H20N4O3.ClH/c1-2-20-12(18)9-15-13(19)11-5-7-17(16-11)10-4-3-6-14-8-10;/h5,7,10,14H,2-4,6,8-9H2,1H3,(H,15,19);1H. The van der Waals surface area contributed by atoms with Crippen molar-refractivity contribution < 1.29 is 14.3 Å². The Morgan fingerprint density at radius 2 is 2.38 bits per heavy atom. The van der Waals surface area contributed by atoms with Crippen molar-refractivity contribution in [1.82, 2.24) is 20.4 Å². The molecule has 1 aliphatic heterocycles. The van der Waals surface area contributed by atoms with E-state index in [0.29, 0.717) is 12.3 Å². The summed E-state index contributed by atoms with van der Waals surface area (Å²) in [6.07, 6.45) is 3.96. The molecular weight excluding hydrogens is 296 g/mol. The first-order chi connectivity index (χ1) is 9.70. The van der Waals surface area contributed by atoms with Crippen LogP contribution < -0.4 is 10.6 Å². The van der Waals surface area contributed by atoms with Gasteiger partial charge < -0.3 is 15.4 Å². The molecule has 1 aromatic rings. The number of rotatable bonds is 5.